The van der Waals surface area contributed by atoms with Crippen molar-refractivity contribution in [2.24, 2.45) is 11.7 Å². The van der Waals surface area contributed by atoms with Gasteiger partial charge in [-0.05, 0) is 50.8 Å². The average Bonchev–Trinajstić information content (AvgIpc) is 2.34. The Kier molecular flexibility index (Phi) is 4.06. The topological polar surface area (TPSA) is 35.2 Å². The third-order valence-electron chi connectivity index (χ3n) is 3.82. The Bertz CT molecular complexity index is 355. The molecule has 0 aliphatic heterocycles. The van der Waals surface area contributed by atoms with E-state index in [1.165, 1.54) is 30.4 Å². The lowest BCUT2D eigenvalue weighted by molar-refractivity contribution is 0.0956. The van der Waals surface area contributed by atoms with Gasteiger partial charge in [0.05, 0.1) is 0 Å². The van der Waals surface area contributed by atoms with Gasteiger partial charge in [-0.25, -0.2) is 0 Å². The molecule has 94 valence electrons. The van der Waals surface area contributed by atoms with Gasteiger partial charge in [-0.2, -0.15) is 0 Å². The van der Waals surface area contributed by atoms with Crippen molar-refractivity contribution >= 4 is 0 Å². The molecule has 2 nitrogen and oxygen atoms in total. The van der Waals surface area contributed by atoms with Crippen molar-refractivity contribution in [3.05, 3.63) is 29.3 Å². The van der Waals surface area contributed by atoms with E-state index in [-0.39, 0.29) is 0 Å². The van der Waals surface area contributed by atoms with Crippen LogP contribution >= 0.6 is 0 Å². The Labute approximate surface area is 104 Å². The lowest BCUT2D eigenvalue weighted by Crippen LogP contribution is -2.35. The van der Waals surface area contributed by atoms with Crippen molar-refractivity contribution in [3.63, 3.8) is 0 Å². The minimum Gasteiger partial charge on any atom is -0.490 e. The fraction of sp³-hybridized carbons (Fsp3) is 0.600. The van der Waals surface area contributed by atoms with Gasteiger partial charge in [-0.15, -0.1) is 0 Å². The van der Waals surface area contributed by atoms with Gasteiger partial charge >= 0.3 is 0 Å². The molecule has 1 aromatic carbocycles. The van der Waals surface area contributed by atoms with Crippen LogP contribution in [0.3, 0.4) is 0 Å². The van der Waals surface area contributed by atoms with Crippen LogP contribution in [0.25, 0.3) is 0 Å². The molecule has 17 heavy (non-hydrogen) atoms. The fourth-order valence-corrected chi connectivity index (χ4v) is 2.73. The molecule has 0 spiro atoms. The van der Waals surface area contributed by atoms with Crippen molar-refractivity contribution in [3.8, 4) is 5.75 Å². The van der Waals surface area contributed by atoms with E-state index in [1.807, 2.05) is 0 Å². The summed E-state index contributed by atoms with van der Waals surface area (Å²) in [6.07, 6.45) is 5.25. The normalized spacial score (nSPS) is 24.6. The lowest BCUT2D eigenvalue weighted by atomic mass is 9.86. The van der Waals surface area contributed by atoms with Gasteiger partial charge in [0.15, 0.2) is 0 Å². The standard InChI is InChI=1S/C15H23NO/c1-11-6-5-7-12(2)15(11)17-14-9-4-3-8-13(14)10-16/h5-7,13-14H,3-4,8-10,16H2,1-2H3. The zero-order valence-corrected chi connectivity index (χ0v) is 10.9. The van der Waals surface area contributed by atoms with Gasteiger partial charge in [0.2, 0.25) is 0 Å². The summed E-state index contributed by atoms with van der Waals surface area (Å²) in [6, 6.07) is 6.31. The third-order valence-corrected chi connectivity index (χ3v) is 3.82. The van der Waals surface area contributed by atoms with Crippen LogP contribution < -0.4 is 10.5 Å². The summed E-state index contributed by atoms with van der Waals surface area (Å²) in [5, 5.41) is 0. The van der Waals surface area contributed by atoms with Crippen molar-refractivity contribution in [2.75, 3.05) is 6.54 Å². The molecule has 0 amide bonds. The molecule has 0 saturated heterocycles. The number of aryl methyl sites for hydroxylation is 2. The molecule has 1 fully saturated rings. The molecule has 2 unspecified atom stereocenters. The van der Waals surface area contributed by atoms with Crippen LogP contribution in [0.5, 0.6) is 5.75 Å². The van der Waals surface area contributed by atoms with Gasteiger partial charge < -0.3 is 10.5 Å². The molecule has 1 aromatic rings. The largest absolute Gasteiger partial charge is 0.490 e. The van der Waals surface area contributed by atoms with Crippen LogP contribution in [0.4, 0.5) is 0 Å². The second-order valence-electron chi connectivity index (χ2n) is 5.16. The molecule has 2 atom stereocenters. The first-order valence-electron chi connectivity index (χ1n) is 6.65. The predicted octanol–water partition coefficient (Wildman–Crippen LogP) is 3.20. The number of benzene rings is 1. The fourth-order valence-electron chi connectivity index (χ4n) is 2.73. The molecule has 1 aliphatic carbocycles. The molecular formula is C15H23NO. The van der Waals surface area contributed by atoms with Gasteiger partial charge in [-0.3, -0.25) is 0 Å². The highest BCUT2D eigenvalue weighted by molar-refractivity contribution is 5.39. The maximum atomic E-state index is 6.24. The van der Waals surface area contributed by atoms with Gasteiger partial charge in [0, 0.05) is 5.92 Å². The van der Waals surface area contributed by atoms with Crippen LogP contribution in [0.15, 0.2) is 18.2 Å². The van der Waals surface area contributed by atoms with Crippen molar-refractivity contribution in [2.45, 2.75) is 45.6 Å². The highest BCUT2D eigenvalue weighted by atomic mass is 16.5. The van der Waals surface area contributed by atoms with E-state index in [9.17, 15) is 0 Å². The summed E-state index contributed by atoms with van der Waals surface area (Å²) >= 11 is 0. The number of ether oxygens (including phenoxy) is 1. The highest BCUT2D eigenvalue weighted by Crippen LogP contribution is 2.31. The molecule has 0 radical (unpaired) electrons. The molecule has 0 aromatic heterocycles. The van der Waals surface area contributed by atoms with Crippen molar-refractivity contribution < 1.29 is 4.74 Å². The van der Waals surface area contributed by atoms with E-state index in [4.69, 9.17) is 10.5 Å². The zero-order chi connectivity index (χ0) is 12.3. The van der Waals surface area contributed by atoms with Gasteiger partial charge in [-0.1, -0.05) is 24.6 Å². The first-order valence-corrected chi connectivity index (χ1v) is 6.65. The molecule has 0 heterocycles. The van der Waals surface area contributed by atoms with E-state index in [0.29, 0.717) is 12.0 Å². The maximum Gasteiger partial charge on any atom is 0.125 e. The Balaban J connectivity index is 2.13. The molecule has 1 saturated carbocycles. The van der Waals surface area contributed by atoms with E-state index in [2.05, 4.69) is 32.0 Å². The van der Waals surface area contributed by atoms with E-state index in [0.717, 1.165) is 18.7 Å². The quantitative estimate of drug-likeness (QED) is 0.870. The van der Waals surface area contributed by atoms with E-state index >= 15 is 0 Å². The van der Waals surface area contributed by atoms with Crippen LogP contribution in [0.1, 0.15) is 36.8 Å². The first kappa shape index (κ1) is 12.4. The minimum absolute atomic E-state index is 0.313. The summed E-state index contributed by atoms with van der Waals surface area (Å²) < 4.78 is 6.24. The predicted molar refractivity (Wildman–Crippen MR) is 71.3 cm³/mol. The Hall–Kier alpha value is -1.02. The summed E-state index contributed by atoms with van der Waals surface area (Å²) in [5.74, 6) is 1.60. The number of hydrogen-bond acceptors (Lipinski definition) is 2. The van der Waals surface area contributed by atoms with E-state index < -0.39 is 0 Å². The van der Waals surface area contributed by atoms with Crippen LogP contribution in [-0.4, -0.2) is 12.6 Å². The van der Waals surface area contributed by atoms with Gasteiger partial charge in [0.25, 0.3) is 0 Å². The molecule has 2 heteroatoms. The van der Waals surface area contributed by atoms with Crippen molar-refractivity contribution in [1.82, 2.24) is 0 Å². The van der Waals surface area contributed by atoms with Gasteiger partial charge in [0.1, 0.15) is 11.9 Å². The monoisotopic (exact) mass is 233 g/mol. The summed E-state index contributed by atoms with van der Waals surface area (Å²) in [5.41, 5.74) is 8.30. The smallest absolute Gasteiger partial charge is 0.125 e. The number of nitrogens with two attached hydrogens (primary N) is 1. The Morgan fingerprint density at radius 1 is 1.18 bits per heavy atom. The maximum absolute atomic E-state index is 6.24. The van der Waals surface area contributed by atoms with E-state index in [1.54, 1.807) is 0 Å². The molecular weight excluding hydrogens is 210 g/mol. The highest BCUT2D eigenvalue weighted by Gasteiger charge is 2.26. The van der Waals surface area contributed by atoms with Crippen LogP contribution in [0.2, 0.25) is 0 Å². The zero-order valence-electron chi connectivity index (χ0n) is 10.9. The number of rotatable bonds is 3. The van der Waals surface area contributed by atoms with Crippen LogP contribution in [0, 0.1) is 19.8 Å². The molecule has 2 rings (SSSR count). The summed E-state index contributed by atoms with van der Waals surface area (Å²) in [4.78, 5) is 0. The SMILES string of the molecule is Cc1cccc(C)c1OC1CCCCC1CN. The molecule has 0 bridgehead atoms. The lowest BCUT2D eigenvalue weighted by Gasteiger charge is -2.32. The number of para-hydroxylation sites is 1. The third kappa shape index (κ3) is 2.81. The Morgan fingerprint density at radius 2 is 1.82 bits per heavy atom. The summed E-state index contributed by atoms with van der Waals surface area (Å²) in [6.45, 7) is 4.97. The minimum atomic E-state index is 0.313. The molecule has 2 N–H and O–H groups in total. The van der Waals surface area contributed by atoms with Crippen LogP contribution in [-0.2, 0) is 0 Å². The second-order valence-corrected chi connectivity index (χ2v) is 5.16. The summed E-state index contributed by atoms with van der Waals surface area (Å²) in [7, 11) is 0. The second kappa shape index (κ2) is 5.54. The first-order chi connectivity index (χ1) is 8.22. The molecule has 1 aliphatic rings. The van der Waals surface area contributed by atoms with Crippen molar-refractivity contribution in [1.29, 1.82) is 0 Å². The number of hydrogen-bond donors (Lipinski definition) is 1. The average molecular weight is 233 g/mol. The Morgan fingerprint density at radius 3 is 2.47 bits per heavy atom.